The maximum absolute atomic E-state index is 12.8. The first-order chi connectivity index (χ1) is 16.7. The van der Waals surface area contributed by atoms with Gasteiger partial charge in [-0.15, -0.1) is 0 Å². The average molecular weight is 456 g/mol. The molecule has 2 aromatic carbocycles. The largest absolute Gasteiger partial charge is 0.299 e. The van der Waals surface area contributed by atoms with Gasteiger partial charge in [-0.1, -0.05) is 78.8 Å². The van der Waals surface area contributed by atoms with E-state index in [1.807, 2.05) is 18.3 Å². The van der Waals surface area contributed by atoms with Crippen LogP contribution in [0.15, 0.2) is 89.1 Å². The molecule has 2 unspecified atom stereocenters. The van der Waals surface area contributed by atoms with Crippen LogP contribution in [0.4, 0.5) is 0 Å². The minimum Gasteiger partial charge on any atom is -0.299 e. The van der Waals surface area contributed by atoms with Gasteiger partial charge in [0.25, 0.3) is 0 Å². The fraction of sp³-hybridized carbons (Fsp3) is 0.375. The Morgan fingerprint density at radius 2 is 1.91 bits per heavy atom. The molecule has 0 N–H and O–H groups in total. The highest BCUT2D eigenvalue weighted by atomic mass is 16.1. The standard InChI is InChI=1S/C32H35NO.3H2/c1-23-9-2-3-12-26(23)22-30(34)20-24-10-6-13-27(19-24)28-14-7-15-29(21-28)32-31-17-5-4-11-25(31)16-8-18-33-32;;;/h2-3,5-6,8-10,12-13,17-19,28-29H,4,7,11,14-16,20-22H2,1H3;3*1H. The number of Topliss-reactive ketones (excluding diaryl/α,β-unsaturated/α-hetero) is 1. The number of carbonyl (C=O) groups excluding carboxylic acids is 1. The summed E-state index contributed by atoms with van der Waals surface area (Å²) in [5, 5.41) is 0. The van der Waals surface area contributed by atoms with Crippen molar-refractivity contribution in [1.29, 1.82) is 0 Å². The quantitative estimate of drug-likeness (QED) is 0.430. The van der Waals surface area contributed by atoms with Crippen molar-refractivity contribution in [3.63, 3.8) is 0 Å². The van der Waals surface area contributed by atoms with Gasteiger partial charge in [-0.2, -0.15) is 0 Å². The van der Waals surface area contributed by atoms with E-state index in [1.54, 1.807) is 5.57 Å². The number of nitrogens with zero attached hydrogens (tertiary/aromatic N) is 1. The molecule has 0 amide bonds. The molecule has 1 fully saturated rings. The topological polar surface area (TPSA) is 29.4 Å². The lowest BCUT2D eigenvalue weighted by Gasteiger charge is -2.32. The van der Waals surface area contributed by atoms with E-state index < -0.39 is 0 Å². The normalized spacial score (nSPS) is 22.2. The van der Waals surface area contributed by atoms with Gasteiger partial charge < -0.3 is 0 Å². The zero-order chi connectivity index (χ0) is 23.3. The molecule has 3 aliphatic rings. The minimum absolute atomic E-state index is 0. The molecule has 1 saturated carbocycles. The SMILES string of the molecule is Cc1ccccc1CC(=O)Cc1cccc(C2CCCC(C3=NC=CCC4=C3C=CCC4)C2)c1.[HH].[HH].[HH]. The van der Waals surface area contributed by atoms with Crippen LogP contribution in [0.1, 0.15) is 77.4 Å². The van der Waals surface area contributed by atoms with E-state index in [4.69, 9.17) is 4.99 Å². The zero-order valence-electron chi connectivity index (χ0n) is 20.3. The van der Waals surface area contributed by atoms with Crippen molar-refractivity contribution in [1.82, 2.24) is 0 Å². The lowest BCUT2D eigenvalue weighted by molar-refractivity contribution is -0.117. The summed E-state index contributed by atoms with van der Waals surface area (Å²) in [4.78, 5) is 17.8. The third-order valence-corrected chi connectivity index (χ3v) is 7.77. The van der Waals surface area contributed by atoms with Crippen LogP contribution in [0.5, 0.6) is 0 Å². The molecule has 2 atom stereocenters. The summed E-state index contributed by atoms with van der Waals surface area (Å²) < 4.78 is 0. The van der Waals surface area contributed by atoms with Gasteiger partial charge in [0, 0.05) is 29.2 Å². The van der Waals surface area contributed by atoms with E-state index in [9.17, 15) is 4.79 Å². The molecular weight excluding hydrogens is 414 g/mol. The van der Waals surface area contributed by atoms with Gasteiger partial charge >= 0.3 is 0 Å². The van der Waals surface area contributed by atoms with Crippen LogP contribution in [-0.2, 0) is 17.6 Å². The van der Waals surface area contributed by atoms with Gasteiger partial charge in [-0.3, -0.25) is 9.79 Å². The number of ketones is 1. The van der Waals surface area contributed by atoms with Gasteiger partial charge in [0.05, 0.1) is 5.71 Å². The Bertz CT molecular complexity index is 1190. The van der Waals surface area contributed by atoms with Crippen molar-refractivity contribution in [3.8, 4) is 0 Å². The molecule has 2 aromatic rings. The number of benzene rings is 2. The summed E-state index contributed by atoms with van der Waals surface area (Å²) in [6.07, 6.45) is 18.1. The van der Waals surface area contributed by atoms with Crippen LogP contribution >= 0.6 is 0 Å². The van der Waals surface area contributed by atoms with Gasteiger partial charge in [0.15, 0.2) is 0 Å². The molecule has 2 heteroatoms. The van der Waals surface area contributed by atoms with E-state index in [2.05, 4.69) is 61.5 Å². The number of aryl methyl sites for hydroxylation is 1. The van der Waals surface area contributed by atoms with Crippen molar-refractivity contribution in [3.05, 3.63) is 106 Å². The van der Waals surface area contributed by atoms with Crippen LogP contribution in [-0.4, -0.2) is 11.5 Å². The smallest absolute Gasteiger partial charge is 0.141 e. The Morgan fingerprint density at radius 1 is 1.03 bits per heavy atom. The Kier molecular flexibility index (Phi) is 7.04. The van der Waals surface area contributed by atoms with Crippen LogP contribution < -0.4 is 0 Å². The van der Waals surface area contributed by atoms with E-state index >= 15 is 0 Å². The summed E-state index contributed by atoms with van der Waals surface area (Å²) in [5.41, 5.74) is 9.16. The predicted molar refractivity (Wildman–Crippen MR) is 148 cm³/mol. The molecule has 34 heavy (non-hydrogen) atoms. The highest BCUT2D eigenvalue weighted by molar-refractivity contribution is 6.05. The zero-order valence-corrected chi connectivity index (χ0v) is 20.3. The first kappa shape index (κ1) is 22.8. The lowest BCUT2D eigenvalue weighted by atomic mass is 9.73. The summed E-state index contributed by atoms with van der Waals surface area (Å²) >= 11 is 0. The Labute approximate surface area is 208 Å². The fourth-order valence-corrected chi connectivity index (χ4v) is 5.92. The van der Waals surface area contributed by atoms with Crippen molar-refractivity contribution in [2.45, 2.75) is 70.6 Å². The summed E-state index contributed by atoms with van der Waals surface area (Å²) in [7, 11) is 0. The number of hydrogen-bond donors (Lipinski definition) is 0. The second kappa shape index (κ2) is 10.5. The van der Waals surface area contributed by atoms with Gasteiger partial charge in [0.2, 0.25) is 0 Å². The second-order valence-electron chi connectivity index (χ2n) is 10.2. The van der Waals surface area contributed by atoms with E-state index in [0.717, 1.165) is 30.4 Å². The van der Waals surface area contributed by atoms with Crippen molar-refractivity contribution >= 4 is 11.5 Å². The molecule has 180 valence electrons. The van der Waals surface area contributed by atoms with Crippen molar-refractivity contribution in [2.24, 2.45) is 10.9 Å². The van der Waals surface area contributed by atoms with Crippen LogP contribution in [0.2, 0.25) is 0 Å². The minimum atomic E-state index is 0. The molecular formula is C32H41NO. The van der Waals surface area contributed by atoms with E-state index in [0.29, 0.717) is 24.7 Å². The van der Waals surface area contributed by atoms with Crippen LogP contribution in [0.25, 0.3) is 0 Å². The highest BCUT2D eigenvalue weighted by Gasteiger charge is 2.29. The number of carbonyl (C=O) groups is 1. The summed E-state index contributed by atoms with van der Waals surface area (Å²) in [6, 6.07) is 17.0. The second-order valence-corrected chi connectivity index (χ2v) is 10.2. The third kappa shape index (κ3) is 5.22. The van der Waals surface area contributed by atoms with E-state index in [1.165, 1.54) is 48.1 Å². The van der Waals surface area contributed by atoms with Gasteiger partial charge in [-0.05, 0) is 79.2 Å². The van der Waals surface area contributed by atoms with Gasteiger partial charge in [-0.25, -0.2) is 0 Å². The van der Waals surface area contributed by atoms with Crippen LogP contribution in [0.3, 0.4) is 0 Å². The molecule has 2 nitrogen and oxygen atoms in total. The molecule has 2 aliphatic carbocycles. The van der Waals surface area contributed by atoms with Crippen molar-refractivity contribution < 1.29 is 9.07 Å². The highest BCUT2D eigenvalue weighted by Crippen LogP contribution is 2.40. The molecule has 0 bridgehead atoms. The number of hydrogen-bond acceptors (Lipinski definition) is 2. The number of aliphatic imine (C=N–C) groups is 1. The maximum atomic E-state index is 12.8. The fourth-order valence-electron chi connectivity index (χ4n) is 5.92. The number of allylic oxidation sites excluding steroid dienone is 5. The molecule has 0 spiro atoms. The van der Waals surface area contributed by atoms with Gasteiger partial charge in [0.1, 0.15) is 5.78 Å². The number of rotatable bonds is 6. The molecule has 0 aromatic heterocycles. The Balaban J connectivity index is 0.00000160. The first-order valence-corrected chi connectivity index (χ1v) is 12.9. The average Bonchev–Trinajstić information content (AvgIpc) is 3.08. The Hall–Kier alpha value is -3.00. The van der Waals surface area contributed by atoms with Crippen molar-refractivity contribution in [2.75, 3.05) is 0 Å². The summed E-state index contributed by atoms with van der Waals surface area (Å²) in [5.74, 6) is 1.34. The monoisotopic (exact) mass is 455 g/mol. The predicted octanol–water partition coefficient (Wildman–Crippen LogP) is 8.37. The maximum Gasteiger partial charge on any atom is 0.141 e. The van der Waals surface area contributed by atoms with Crippen LogP contribution in [0, 0.1) is 12.8 Å². The molecule has 5 rings (SSSR count). The first-order valence-electron chi connectivity index (χ1n) is 12.9. The molecule has 0 saturated heterocycles. The molecule has 1 aliphatic heterocycles. The third-order valence-electron chi connectivity index (χ3n) is 7.77. The lowest BCUT2D eigenvalue weighted by Crippen LogP contribution is -2.24. The molecule has 1 heterocycles. The Morgan fingerprint density at radius 3 is 2.82 bits per heavy atom. The van der Waals surface area contributed by atoms with E-state index in [-0.39, 0.29) is 10.1 Å². The summed E-state index contributed by atoms with van der Waals surface area (Å²) in [6.45, 7) is 2.08. The molecule has 0 radical (unpaired) electrons.